The van der Waals surface area contributed by atoms with E-state index in [0.717, 1.165) is 5.56 Å². The molecule has 0 radical (unpaired) electrons. The fourth-order valence-electron chi connectivity index (χ4n) is 2.57. The van der Waals surface area contributed by atoms with Crippen molar-refractivity contribution in [2.45, 2.75) is 58.3 Å². The van der Waals surface area contributed by atoms with Crippen LogP contribution in [0.4, 0.5) is 0 Å². The number of aliphatic hydroxyl groups is 1. The van der Waals surface area contributed by atoms with Crippen molar-refractivity contribution >= 4 is 63.5 Å². The van der Waals surface area contributed by atoms with Gasteiger partial charge in [-0.1, -0.05) is 37.4 Å². The summed E-state index contributed by atoms with van der Waals surface area (Å²) in [5.41, 5.74) is 1.72. The lowest BCUT2D eigenvalue weighted by atomic mass is 10.2. The second kappa shape index (κ2) is 30.3. The SMILES string of the molecule is C=C(C)C(=O)OCCO.C=C(C)C(=O)OCCOC(=O)CCC(=O)C(=O)OCCOC(=O)C(=C)C.Cc1ccc(S(=O)(=O)O)cc1.O=C(O)CCC(=O)C(=O)O. The van der Waals surface area contributed by atoms with E-state index in [1.807, 2.05) is 6.92 Å². The lowest BCUT2D eigenvalue weighted by molar-refractivity contribution is -0.157. The Hall–Kier alpha value is -6.06. The van der Waals surface area contributed by atoms with Gasteiger partial charge in [-0.05, 0) is 39.8 Å². The molecule has 0 atom stereocenters. The predicted octanol–water partition coefficient (Wildman–Crippen LogP) is 1.51. The Morgan fingerprint density at radius 1 is 0.571 bits per heavy atom. The van der Waals surface area contributed by atoms with Crippen LogP contribution in [-0.4, -0.2) is 121 Å². The lowest BCUT2D eigenvalue weighted by Crippen LogP contribution is -2.22. The minimum absolute atomic E-state index is 0.0473. The van der Waals surface area contributed by atoms with Gasteiger partial charge in [0, 0.05) is 29.6 Å². The van der Waals surface area contributed by atoms with Crippen LogP contribution < -0.4 is 0 Å². The number of ketones is 2. The second-order valence-corrected chi connectivity index (χ2v) is 12.1. The normalized spacial score (nSPS) is 9.68. The summed E-state index contributed by atoms with van der Waals surface area (Å²) < 4.78 is 52.7. The fourth-order valence-corrected chi connectivity index (χ4v) is 3.05. The zero-order valence-corrected chi connectivity index (χ0v) is 32.0. The van der Waals surface area contributed by atoms with Crippen LogP contribution in [0.3, 0.4) is 0 Å². The van der Waals surface area contributed by atoms with Gasteiger partial charge in [0.15, 0.2) is 0 Å². The van der Waals surface area contributed by atoms with E-state index < -0.39 is 82.7 Å². The van der Waals surface area contributed by atoms with Crippen LogP contribution in [0, 0.1) is 6.92 Å². The fraction of sp³-hybridized carbons (Fsp3) is 0.400. The van der Waals surface area contributed by atoms with E-state index in [-0.39, 0.29) is 62.1 Å². The van der Waals surface area contributed by atoms with Crippen molar-refractivity contribution in [2.75, 3.05) is 39.6 Å². The zero-order chi connectivity index (χ0) is 44.0. The summed E-state index contributed by atoms with van der Waals surface area (Å²) in [5.74, 6) is -8.30. The average Bonchev–Trinajstić information content (AvgIpc) is 3.11. The molecule has 1 aromatic carbocycles. The van der Waals surface area contributed by atoms with Gasteiger partial charge in [-0.25, -0.2) is 24.0 Å². The third-order valence-electron chi connectivity index (χ3n) is 5.41. The molecule has 0 aromatic heterocycles. The number of rotatable bonds is 20. The van der Waals surface area contributed by atoms with Crippen molar-refractivity contribution in [2.24, 2.45) is 0 Å². The molecule has 56 heavy (non-hydrogen) atoms. The minimum atomic E-state index is -4.02. The highest BCUT2D eigenvalue weighted by atomic mass is 32.2. The lowest BCUT2D eigenvalue weighted by Gasteiger charge is -2.07. The van der Waals surface area contributed by atoms with Crippen molar-refractivity contribution < 1.29 is 95.1 Å². The molecule has 0 fully saturated rings. The van der Waals surface area contributed by atoms with Crippen LogP contribution in [0.5, 0.6) is 0 Å². The Balaban J connectivity index is -0.000000765. The molecule has 1 aromatic rings. The van der Waals surface area contributed by atoms with Crippen molar-refractivity contribution in [3.8, 4) is 0 Å². The molecule has 0 bridgehead atoms. The van der Waals surface area contributed by atoms with Crippen molar-refractivity contribution in [1.29, 1.82) is 0 Å². The third-order valence-corrected chi connectivity index (χ3v) is 6.27. The molecule has 0 aliphatic carbocycles. The molecule has 0 saturated carbocycles. The van der Waals surface area contributed by atoms with Gasteiger partial charge < -0.3 is 39.0 Å². The molecule has 0 aliphatic rings. The van der Waals surface area contributed by atoms with Gasteiger partial charge in [0.1, 0.15) is 33.0 Å². The van der Waals surface area contributed by atoms with Gasteiger partial charge in [0.2, 0.25) is 11.6 Å². The van der Waals surface area contributed by atoms with E-state index in [4.69, 9.17) is 29.3 Å². The molecule has 312 valence electrons. The number of Topliss-reactive ketones (excluding diaryl/α,β-unsaturated/α-hetero) is 2. The Morgan fingerprint density at radius 2 is 0.946 bits per heavy atom. The van der Waals surface area contributed by atoms with Crippen molar-refractivity contribution in [3.05, 3.63) is 66.3 Å². The van der Waals surface area contributed by atoms with Gasteiger partial charge in [-0.2, -0.15) is 8.42 Å². The maximum atomic E-state index is 11.5. The first-order valence-electron chi connectivity index (χ1n) is 15.8. The number of carbonyl (C=O) groups excluding carboxylic acids is 7. The first-order chi connectivity index (χ1) is 25.9. The number of ether oxygens (including phenoxy) is 5. The molecule has 0 aliphatic heterocycles. The van der Waals surface area contributed by atoms with Gasteiger partial charge in [0.25, 0.3) is 10.1 Å². The quantitative estimate of drug-likeness (QED) is 0.0362. The number of carbonyl (C=O) groups is 9. The summed E-state index contributed by atoms with van der Waals surface area (Å²) in [4.78, 5) is 96.5. The minimum Gasteiger partial charge on any atom is -0.481 e. The second-order valence-electron chi connectivity index (χ2n) is 10.7. The number of hydrogen-bond acceptors (Lipinski definition) is 17. The highest BCUT2D eigenvalue weighted by Gasteiger charge is 2.18. The molecule has 0 amide bonds. The highest BCUT2D eigenvalue weighted by Crippen LogP contribution is 2.08. The zero-order valence-electron chi connectivity index (χ0n) is 31.2. The largest absolute Gasteiger partial charge is 0.481 e. The van der Waals surface area contributed by atoms with Crippen LogP contribution in [-0.2, 0) is 77.0 Å². The van der Waals surface area contributed by atoms with Crippen LogP contribution >= 0.6 is 0 Å². The molecule has 21 heteroatoms. The number of carboxylic acid groups (broad SMARTS) is 2. The summed E-state index contributed by atoms with van der Waals surface area (Å²) in [6.45, 7) is 15.5. The summed E-state index contributed by atoms with van der Waals surface area (Å²) in [6, 6.07) is 5.99. The van der Waals surface area contributed by atoms with Crippen LogP contribution in [0.15, 0.2) is 65.6 Å². The standard InChI is InChI=1S/C17H22O9.C7H8O3S.C6H10O3.C5H6O5/c1-11(2)15(20)24-8-7-23-14(19)6-5-13(18)17(22)26-10-9-25-16(21)12(3)4;1-6-2-4-7(5-3-6)11(8,9)10;1-5(2)6(8)9-4-3-7;6-3(5(9)10)1-2-4(7)8/h1,3,5-10H2,2,4H3;2-5H,1H3,(H,8,9,10);7H,1,3-4H2,2H3;1-2H2,(H,7,8)(H,9,10). The molecule has 0 heterocycles. The third kappa shape index (κ3) is 31.5. The number of benzene rings is 1. The van der Waals surface area contributed by atoms with E-state index in [1.54, 1.807) is 19.1 Å². The molecule has 0 unspecified atom stereocenters. The van der Waals surface area contributed by atoms with Gasteiger partial charge in [-0.15, -0.1) is 0 Å². The molecule has 20 nitrogen and oxygen atoms in total. The van der Waals surface area contributed by atoms with E-state index in [2.05, 4.69) is 33.9 Å². The van der Waals surface area contributed by atoms with Crippen LogP contribution in [0.1, 0.15) is 52.0 Å². The molecule has 0 spiro atoms. The van der Waals surface area contributed by atoms with Gasteiger partial charge in [0.05, 0.1) is 24.3 Å². The van der Waals surface area contributed by atoms with Crippen LogP contribution in [0.2, 0.25) is 0 Å². The number of carboxylic acids is 2. The molecule has 1 rings (SSSR count). The summed E-state index contributed by atoms with van der Waals surface area (Å²) >= 11 is 0. The van der Waals surface area contributed by atoms with Gasteiger partial charge >= 0.3 is 41.8 Å². The number of esters is 5. The van der Waals surface area contributed by atoms with E-state index >= 15 is 0 Å². The first kappa shape index (κ1) is 54.3. The summed E-state index contributed by atoms with van der Waals surface area (Å²) in [6.07, 6.45) is -1.59. The van der Waals surface area contributed by atoms with E-state index in [0.29, 0.717) is 5.57 Å². The van der Waals surface area contributed by atoms with Crippen molar-refractivity contribution in [1.82, 2.24) is 0 Å². The maximum Gasteiger partial charge on any atom is 0.374 e. The molecular weight excluding hydrogens is 772 g/mol. The first-order valence-corrected chi connectivity index (χ1v) is 17.3. The topological polar surface area (TPSA) is 315 Å². The Bertz CT molecular complexity index is 1670. The number of hydrogen-bond donors (Lipinski definition) is 4. The Labute approximate surface area is 322 Å². The van der Waals surface area contributed by atoms with Crippen molar-refractivity contribution in [3.63, 3.8) is 0 Å². The Morgan fingerprint density at radius 3 is 1.30 bits per heavy atom. The summed E-state index contributed by atoms with van der Waals surface area (Å²) in [5, 5.41) is 24.1. The van der Waals surface area contributed by atoms with Crippen LogP contribution in [0.25, 0.3) is 0 Å². The highest BCUT2D eigenvalue weighted by molar-refractivity contribution is 7.85. The average molecular weight is 819 g/mol. The van der Waals surface area contributed by atoms with E-state index in [1.165, 1.54) is 26.0 Å². The Kier molecular flexibility index (Phi) is 29.4. The molecule has 0 saturated heterocycles. The number of aryl methyl sites for hydroxylation is 1. The van der Waals surface area contributed by atoms with E-state index in [9.17, 15) is 51.6 Å². The predicted molar refractivity (Wildman–Crippen MR) is 191 cm³/mol. The maximum absolute atomic E-state index is 11.5. The molecule has 4 N–H and O–H groups in total. The number of aliphatic carboxylic acids is 2. The monoisotopic (exact) mass is 818 g/mol. The van der Waals surface area contributed by atoms with Gasteiger partial charge in [-0.3, -0.25) is 23.7 Å². The molecular formula is C35H46O20S. The summed E-state index contributed by atoms with van der Waals surface area (Å²) in [7, 11) is -4.02. The number of aliphatic hydroxyl groups excluding tert-OH is 1. The smallest absolute Gasteiger partial charge is 0.374 e.